The first-order valence-corrected chi connectivity index (χ1v) is 6.41. The minimum absolute atomic E-state index is 0.0420. The van der Waals surface area contributed by atoms with Crippen molar-refractivity contribution in [2.75, 3.05) is 19.8 Å². The third-order valence-electron chi connectivity index (χ3n) is 3.35. The summed E-state index contributed by atoms with van der Waals surface area (Å²) in [6.07, 6.45) is -4.57. The molecule has 1 fully saturated rings. The van der Waals surface area contributed by atoms with Crippen LogP contribution in [0.3, 0.4) is 0 Å². The zero-order valence-corrected chi connectivity index (χ0v) is 11.0. The first kappa shape index (κ1) is 16.0. The van der Waals surface area contributed by atoms with Crippen LogP contribution in [0.4, 0.5) is 0 Å². The Morgan fingerprint density at radius 1 is 1.10 bits per heavy atom. The molecule has 2 heterocycles. The van der Waals surface area contributed by atoms with E-state index in [0.29, 0.717) is 0 Å². The smallest absolute Gasteiger partial charge is 0.253 e. The van der Waals surface area contributed by atoms with Gasteiger partial charge in [-0.05, 0) is 0 Å². The van der Waals surface area contributed by atoms with Gasteiger partial charge in [0, 0.05) is 12.2 Å². The molecule has 2 rings (SSSR count). The minimum Gasteiger partial charge on any atom is -0.394 e. The summed E-state index contributed by atoms with van der Waals surface area (Å²) in [4.78, 5) is 23.5. The number of amides is 2. The van der Waals surface area contributed by atoms with Gasteiger partial charge in [-0.2, -0.15) is 0 Å². The predicted octanol–water partition coefficient (Wildman–Crippen LogP) is -3.27. The molecule has 4 N–H and O–H groups in total. The lowest BCUT2D eigenvalue weighted by atomic mass is 9.99. The van der Waals surface area contributed by atoms with Crippen LogP contribution in [0.1, 0.15) is 0 Å². The van der Waals surface area contributed by atoms with E-state index in [4.69, 9.17) is 14.6 Å². The second kappa shape index (κ2) is 6.60. The molecule has 0 radical (unpaired) electrons. The lowest BCUT2D eigenvalue weighted by Gasteiger charge is -2.39. The number of ether oxygens (including phenoxy) is 2. The summed E-state index contributed by atoms with van der Waals surface area (Å²) in [6.45, 7) is -0.723. The van der Waals surface area contributed by atoms with Gasteiger partial charge < -0.3 is 29.9 Å². The van der Waals surface area contributed by atoms with Crippen LogP contribution < -0.4 is 0 Å². The van der Waals surface area contributed by atoms with Crippen molar-refractivity contribution >= 4 is 11.8 Å². The molecule has 0 aromatic carbocycles. The second-order valence-corrected chi connectivity index (χ2v) is 4.73. The Morgan fingerprint density at radius 3 is 2.29 bits per heavy atom. The molecule has 0 spiro atoms. The molecular weight excluding hydrogens is 286 g/mol. The standard InChI is InChI=1S/C12H17NO8/c14-5-6-9(17)10(18)11(19)12(21-6)20-4-3-13-7(15)1-2-8(13)16/h1-2,6,9-12,14,17-19H,3-5H2/t6-,9+,10+,11-,12-/m1/s1. The van der Waals surface area contributed by atoms with Crippen LogP contribution in [0.25, 0.3) is 0 Å². The highest BCUT2D eigenvalue weighted by Gasteiger charge is 2.44. The quantitative estimate of drug-likeness (QED) is 0.388. The van der Waals surface area contributed by atoms with Crippen LogP contribution in [-0.2, 0) is 19.1 Å². The molecule has 9 heteroatoms. The lowest BCUT2D eigenvalue weighted by molar-refractivity contribution is -0.301. The molecule has 0 aromatic heterocycles. The van der Waals surface area contributed by atoms with Crippen LogP contribution in [0, 0.1) is 0 Å². The maximum absolute atomic E-state index is 11.3. The Morgan fingerprint density at radius 2 is 1.71 bits per heavy atom. The van der Waals surface area contributed by atoms with E-state index in [2.05, 4.69) is 0 Å². The third kappa shape index (κ3) is 3.28. The number of carbonyl (C=O) groups excluding carboxylic acids is 2. The summed E-state index contributed by atoms with van der Waals surface area (Å²) in [6, 6.07) is 0. The van der Waals surface area contributed by atoms with Crippen molar-refractivity contribution in [1.82, 2.24) is 4.90 Å². The number of rotatable bonds is 5. The monoisotopic (exact) mass is 303 g/mol. The molecule has 2 aliphatic heterocycles. The van der Waals surface area contributed by atoms with Gasteiger partial charge in [-0.3, -0.25) is 14.5 Å². The summed E-state index contributed by atoms with van der Waals surface area (Å²) in [7, 11) is 0. The van der Waals surface area contributed by atoms with Crippen LogP contribution in [0.5, 0.6) is 0 Å². The molecule has 1 saturated heterocycles. The van der Waals surface area contributed by atoms with E-state index in [-0.39, 0.29) is 13.2 Å². The fourth-order valence-corrected chi connectivity index (χ4v) is 2.12. The molecular formula is C12H17NO8. The van der Waals surface area contributed by atoms with Crippen molar-refractivity contribution in [1.29, 1.82) is 0 Å². The summed E-state index contributed by atoms with van der Waals surface area (Å²) >= 11 is 0. The van der Waals surface area contributed by atoms with Crippen LogP contribution in [0.2, 0.25) is 0 Å². The average molecular weight is 303 g/mol. The normalized spacial score (nSPS) is 36.6. The maximum Gasteiger partial charge on any atom is 0.253 e. The molecule has 0 aliphatic carbocycles. The largest absolute Gasteiger partial charge is 0.394 e. The topological polar surface area (TPSA) is 137 Å². The molecule has 0 aromatic rings. The summed E-state index contributed by atoms with van der Waals surface area (Å²) in [5.41, 5.74) is 0. The van der Waals surface area contributed by atoms with E-state index < -0.39 is 49.1 Å². The molecule has 118 valence electrons. The van der Waals surface area contributed by atoms with Gasteiger partial charge in [-0.25, -0.2) is 0 Å². The van der Waals surface area contributed by atoms with Crippen molar-refractivity contribution < 1.29 is 39.5 Å². The number of nitrogens with zero attached hydrogens (tertiary/aromatic N) is 1. The molecule has 2 amide bonds. The van der Waals surface area contributed by atoms with Crippen LogP contribution in [0.15, 0.2) is 12.2 Å². The van der Waals surface area contributed by atoms with Crippen molar-refractivity contribution in [3.8, 4) is 0 Å². The van der Waals surface area contributed by atoms with E-state index in [9.17, 15) is 24.9 Å². The highest BCUT2D eigenvalue weighted by Crippen LogP contribution is 2.21. The van der Waals surface area contributed by atoms with Gasteiger partial charge in [-0.15, -0.1) is 0 Å². The first-order valence-electron chi connectivity index (χ1n) is 6.41. The Hall–Kier alpha value is -1.36. The van der Waals surface area contributed by atoms with Crippen LogP contribution >= 0.6 is 0 Å². The number of imide groups is 1. The lowest BCUT2D eigenvalue weighted by Crippen LogP contribution is -2.59. The number of hydrogen-bond donors (Lipinski definition) is 4. The molecule has 5 atom stereocenters. The molecule has 0 saturated carbocycles. The number of hydrogen-bond acceptors (Lipinski definition) is 8. The SMILES string of the molecule is O=C1C=CC(=O)N1CCO[C@@H]1O[C@H](CO)[C@H](O)[C@H](O)[C@H]1O. The first-order chi connectivity index (χ1) is 9.95. The Labute approximate surface area is 120 Å². The van der Waals surface area contributed by atoms with E-state index in [1.54, 1.807) is 0 Å². The van der Waals surface area contributed by atoms with E-state index >= 15 is 0 Å². The average Bonchev–Trinajstić information content (AvgIpc) is 2.79. The minimum atomic E-state index is -1.53. The van der Waals surface area contributed by atoms with Gasteiger partial charge in [0.1, 0.15) is 24.4 Å². The Kier molecular flexibility index (Phi) is 5.04. The molecule has 21 heavy (non-hydrogen) atoms. The fourth-order valence-electron chi connectivity index (χ4n) is 2.12. The molecule has 9 nitrogen and oxygen atoms in total. The second-order valence-electron chi connectivity index (χ2n) is 4.73. The Balaban J connectivity index is 1.85. The number of carbonyl (C=O) groups is 2. The zero-order chi connectivity index (χ0) is 15.6. The van der Waals surface area contributed by atoms with E-state index in [1.165, 1.54) is 0 Å². The fraction of sp³-hybridized carbons (Fsp3) is 0.667. The van der Waals surface area contributed by atoms with Gasteiger partial charge in [-0.1, -0.05) is 0 Å². The molecule has 0 bridgehead atoms. The van der Waals surface area contributed by atoms with E-state index in [1.807, 2.05) is 0 Å². The molecule has 2 aliphatic rings. The number of aliphatic hydroxyl groups is 4. The van der Waals surface area contributed by atoms with Gasteiger partial charge in [0.2, 0.25) is 0 Å². The van der Waals surface area contributed by atoms with Crippen molar-refractivity contribution in [3.05, 3.63) is 12.2 Å². The highest BCUT2D eigenvalue weighted by molar-refractivity contribution is 6.12. The van der Waals surface area contributed by atoms with Crippen LogP contribution in [-0.4, -0.2) is 87.6 Å². The highest BCUT2D eigenvalue weighted by atomic mass is 16.7. The summed E-state index contributed by atoms with van der Waals surface area (Å²) in [5.74, 6) is -0.921. The predicted molar refractivity (Wildman–Crippen MR) is 65.6 cm³/mol. The van der Waals surface area contributed by atoms with Crippen molar-refractivity contribution in [3.63, 3.8) is 0 Å². The van der Waals surface area contributed by atoms with Gasteiger partial charge in [0.05, 0.1) is 19.8 Å². The summed E-state index contributed by atoms with van der Waals surface area (Å²) in [5, 5.41) is 37.9. The maximum atomic E-state index is 11.3. The van der Waals surface area contributed by atoms with E-state index in [0.717, 1.165) is 17.1 Å². The van der Waals surface area contributed by atoms with Gasteiger partial charge in [0.15, 0.2) is 6.29 Å². The molecule has 0 unspecified atom stereocenters. The third-order valence-corrected chi connectivity index (χ3v) is 3.35. The van der Waals surface area contributed by atoms with Gasteiger partial charge >= 0.3 is 0 Å². The van der Waals surface area contributed by atoms with Crippen molar-refractivity contribution in [2.24, 2.45) is 0 Å². The van der Waals surface area contributed by atoms with Crippen molar-refractivity contribution in [2.45, 2.75) is 30.7 Å². The van der Waals surface area contributed by atoms with Gasteiger partial charge in [0.25, 0.3) is 11.8 Å². The summed E-state index contributed by atoms with van der Waals surface area (Å²) < 4.78 is 10.3. The Bertz CT molecular complexity index is 419. The zero-order valence-electron chi connectivity index (χ0n) is 11.0. The number of aliphatic hydroxyl groups excluding tert-OH is 4.